The van der Waals surface area contributed by atoms with Crippen molar-refractivity contribution in [2.75, 3.05) is 11.9 Å². The third-order valence-electron chi connectivity index (χ3n) is 6.19. The number of hydrogen-bond donors (Lipinski definition) is 2. The Balaban J connectivity index is 1.19. The molecule has 1 aliphatic carbocycles. The molecule has 0 atom stereocenters. The molecule has 7 heteroatoms. The molecule has 1 amide bonds. The number of hydrogen-bond acceptors (Lipinski definition) is 5. The van der Waals surface area contributed by atoms with Crippen LogP contribution in [0.5, 0.6) is 0 Å². The highest BCUT2D eigenvalue weighted by atomic mass is 19.1. The maximum atomic E-state index is 13.1. The smallest absolute Gasteiger partial charge is 0.255 e. The molecule has 37 heavy (non-hydrogen) atoms. The molecule has 2 N–H and O–H groups in total. The fourth-order valence-electron chi connectivity index (χ4n) is 4.30. The quantitative estimate of drug-likeness (QED) is 0.427. The average molecular weight is 493 g/mol. The minimum atomic E-state index is -0.315. The van der Waals surface area contributed by atoms with Crippen molar-refractivity contribution in [2.45, 2.75) is 19.4 Å². The van der Waals surface area contributed by atoms with E-state index in [2.05, 4.69) is 20.6 Å². The molecule has 184 valence electrons. The first kappa shape index (κ1) is 24.1. The first-order valence-corrected chi connectivity index (χ1v) is 12.0. The topological polar surface area (TPSA) is 83.5 Å². The molecule has 2 aromatic carbocycles. The zero-order chi connectivity index (χ0) is 25.6. The van der Waals surface area contributed by atoms with E-state index in [4.69, 9.17) is 0 Å². The Kier molecular flexibility index (Phi) is 7.12. The van der Waals surface area contributed by atoms with Gasteiger partial charge >= 0.3 is 0 Å². The van der Waals surface area contributed by atoms with E-state index in [1.54, 1.807) is 36.7 Å². The molecular weight excluding hydrogens is 467 g/mol. The number of ketones is 1. The number of anilines is 1. The molecule has 0 radical (unpaired) electrons. The second-order valence-corrected chi connectivity index (χ2v) is 8.81. The molecule has 1 aliphatic heterocycles. The van der Waals surface area contributed by atoms with Gasteiger partial charge in [0.05, 0.1) is 5.56 Å². The van der Waals surface area contributed by atoms with Gasteiger partial charge in [0.25, 0.3) is 5.91 Å². The van der Waals surface area contributed by atoms with Crippen molar-refractivity contribution in [3.05, 3.63) is 118 Å². The van der Waals surface area contributed by atoms with Gasteiger partial charge in [-0.3, -0.25) is 14.6 Å². The maximum Gasteiger partial charge on any atom is 0.255 e. The third-order valence-corrected chi connectivity index (χ3v) is 6.19. The zero-order valence-corrected chi connectivity index (χ0v) is 20.1. The van der Waals surface area contributed by atoms with Crippen LogP contribution in [-0.2, 0) is 17.8 Å². The summed E-state index contributed by atoms with van der Waals surface area (Å²) >= 11 is 0. The zero-order valence-electron chi connectivity index (χ0n) is 20.1. The lowest BCUT2D eigenvalue weighted by Gasteiger charge is -2.10. The summed E-state index contributed by atoms with van der Waals surface area (Å²) in [5, 5.41) is 6.03. The standard InChI is InChI=1S/C30H25FN4O2/c31-24-8-5-21(6-9-24)19-35-30(37)26-4-2-13-34-29(26)33-12-1-3-20-7-10-25-23(15-20)17-28(36)27(25)16-22-11-14-32-18-22/h1-10,13-16,18H,11-12,17,19H2,(H,33,34)(H,35,37)/b3-1+,27-16-. The number of nitrogens with zero attached hydrogens (tertiary/aromatic N) is 2. The van der Waals surface area contributed by atoms with Crippen LogP contribution < -0.4 is 10.6 Å². The molecule has 2 aliphatic rings. The van der Waals surface area contributed by atoms with Gasteiger partial charge < -0.3 is 10.6 Å². The van der Waals surface area contributed by atoms with Crippen LogP contribution in [0.1, 0.15) is 39.0 Å². The second-order valence-electron chi connectivity index (χ2n) is 8.81. The molecule has 2 heterocycles. The summed E-state index contributed by atoms with van der Waals surface area (Å²) in [7, 11) is 0. The van der Waals surface area contributed by atoms with Gasteiger partial charge in [-0.15, -0.1) is 0 Å². The van der Waals surface area contributed by atoms with Crippen molar-refractivity contribution >= 4 is 35.4 Å². The molecular formula is C30H25FN4O2. The summed E-state index contributed by atoms with van der Waals surface area (Å²) in [6.07, 6.45) is 12.3. The molecule has 0 bridgehead atoms. The Morgan fingerprint density at radius 1 is 1.11 bits per heavy atom. The van der Waals surface area contributed by atoms with Crippen LogP contribution in [0.2, 0.25) is 0 Å². The van der Waals surface area contributed by atoms with Gasteiger partial charge in [-0.05, 0) is 58.2 Å². The van der Waals surface area contributed by atoms with E-state index >= 15 is 0 Å². The van der Waals surface area contributed by atoms with Gasteiger partial charge in [-0.25, -0.2) is 9.37 Å². The molecule has 6 nitrogen and oxygen atoms in total. The highest BCUT2D eigenvalue weighted by molar-refractivity contribution is 6.26. The Bertz CT molecular complexity index is 1470. The number of halogens is 1. The first-order valence-electron chi connectivity index (χ1n) is 12.0. The lowest BCUT2D eigenvalue weighted by molar-refractivity contribution is -0.112. The number of allylic oxidation sites excluding steroid dienone is 3. The summed E-state index contributed by atoms with van der Waals surface area (Å²) in [6.45, 7) is 0.751. The van der Waals surface area contributed by atoms with Gasteiger partial charge in [-0.1, -0.05) is 42.5 Å². The minimum Gasteiger partial charge on any atom is -0.366 e. The van der Waals surface area contributed by atoms with Crippen molar-refractivity contribution in [2.24, 2.45) is 4.99 Å². The van der Waals surface area contributed by atoms with Crippen LogP contribution in [0.4, 0.5) is 10.2 Å². The van der Waals surface area contributed by atoms with E-state index in [9.17, 15) is 14.0 Å². The SMILES string of the molecule is O=C1Cc2cc(/C=C/CNc3ncccc3C(=O)NCc3ccc(F)cc3)ccc2/C1=C/C1=CN=CC1. The molecule has 0 saturated carbocycles. The van der Waals surface area contributed by atoms with E-state index in [0.717, 1.165) is 39.8 Å². The molecule has 0 unspecified atom stereocenters. The number of pyridine rings is 1. The van der Waals surface area contributed by atoms with Crippen molar-refractivity contribution in [1.82, 2.24) is 10.3 Å². The van der Waals surface area contributed by atoms with E-state index in [0.29, 0.717) is 24.3 Å². The van der Waals surface area contributed by atoms with Crippen molar-refractivity contribution in [3.63, 3.8) is 0 Å². The van der Waals surface area contributed by atoms with Crippen molar-refractivity contribution in [1.29, 1.82) is 0 Å². The molecule has 1 aromatic heterocycles. The number of Topliss-reactive ketones (excluding diaryl/α,β-unsaturated/α-hetero) is 1. The van der Waals surface area contributed by atoms with E-state index < -0.39 is 0 Å². The Hall–Kier alpha value is -4.65. The Labute approximate surface area is 214 Å². The second kappa shape index (κ2) is 11.0. The lowest BCUT2D eigenvalue weighted by atomic mass is 10.0. The number of amides is 1. The van der Waals surface area contributed by atoms with Gasteiger partial charge in [-0.2, -0.15) is 0 Å². The van der Waals surface area contributed by atoms with Crippen LogP contribution in [0.25, 0.3) is 11.6 Å². The predicted molar refractivity (Wildman–Crippen MR) is 144 cm³/mol. The number of benzene rings is 2. The van der Waals surface area contributed by atoms with Crippen LogP contribution in [0, 0.1) is 5.82 Å². The number of aliphatic imine (C=N–C) groups is 1. The first-order chi connectivity index (χ1) is 18.1. The summed E-state index contributed by atoms with van der Waals surface area (Å²) in [5.74, 6) is 0.0230. The molecule has 0 fully saturated rings. The number of aromatic nitrogens is 1. The van der Waals surface area contributed by atoms with Gasteiger partial charge in [0, 0.05) is 50.1 Å². The van der Waals surface area contributed by atoms with E-state index in [1.807, 2.05) is 42.6 Å². The minimum absolute atomic E-state index is 0.131. The predicted octanol–water partition coefficient (Wildman–Crippen LogP) is 5.14. The largest absolute Gasteiger partial charge is 0.366 e. The number of carbonyl (C=O) groups excluding carboxylic acids is 2. The number of nitrogens with one attached hydrogen (secondary N) is 2. The van der Waals surface area contributed by atoms with Crippen molar-refractivity contribution in [3.8, 4) is 0 Å². The molecule has 0 spiro atoms. The molecule has 5 rings (SSSR count). The number of rotatable bonds is 8. The van der Waals surface area contributed by atoms with E-state index in [1.165, 1.54) is 12.1 Å². The monoisotopic (exact) mass is 492 g/mol. The van der Waals surface area contributed by atoms with Crippen LogP contribution in [0.15, 0.2) is 89.7 Å². The lowest BCUT2D eigenvalue weighted by Crippen LogP contribution is -2.24. The summed E-state index contributed by atoms with van der Waals surface area (Å²) in [5.41, 5.74) is 6.04. The summed E-state index contributed by atoms with van der Waals surface area (Å²) < 4.78 is 13.1. The summed E-state index contributed by atoms with van der Waals surface area (Å²) in [6, 6.07) is 15.4. The Morgan fingerprint density at radius 2 is 1.97 bits per heavy atom. The molecule has 3 aromatic rings. The Morgan fingerprint density at radius 3 is 2.78 bits per heavy atom. The van der Waals surface area contributed by atoms with Crippen LogP contribution in [0.3, 0.4) is 0 Å². The fourth-order valence-corrected chi connectivity index (χ4v) is 4.30. The van der Waals surface area contributed by atoms with Crippen molar-refractivity contribution < 1.29 is 14.0 Å². The normalized spacial score (nSPS) is 15.3. The van der Waals surface area contributed by atoms with Gasteiger partial charge in [0.1, 0.15) is 11.6 Å². The van der Waals surface area contributed by atoms with Gasteiger partial charge in [0.2, 0.25) is 0 Å². The van der Waals surface area contributed by atoms with Gasteiger partial charge in [0.15, 0.2) is 5.78 Å². The van der Waals surface area contributed by atoms with Crippen LogP contribution in [-0.4, -0.2) is 29.4 Å². The third kappa shape index (κ3) is 5.78. The highest BCUT2D eigenvalue weighted by Crippen LogP contribution is 2.32. The maximum absolute atomic E-state index is 13.1. The fraction of sp³-hybridized carbons (Fsp3) is 0.133. The highest BCUT2D eigenvalue weighted by Gasteiger charge is 2.24. The molecule has 0 saturated heterocycles. The number of fused-ring (bicyclic) bond motifs is 1. The number of carbonyl (C=O) groups is 2. The summed E-state index contributed by atoms with van der Waals surface area (Å²) in [4.78, 5) is 33.7. The van der Waals surface area contributed by atoms with E-state index in [-0.39, 0.29) is 24.1 Å². The van der Waals surface area contributed by atoms with Crippen LogP contribution >= 0.6 is 0 Å². The average Bonchev–Trinajstić information content (AvgIpc) is 3.54.